The molecular formula is C61H53LiN4O20S4. The van der Waals surface area contributed by atoms with Gasteiger partial charge in [-0.25, -0.2) is 36.0 Å². The molecule has 24 nitrogen and oxygen atoms in total. The van der Waals surface area contributed by atoms with Gasteiger partial charge in [-0.05, 0) is 121 Å². The number of carbonyl (C=O) groups excluding carboxylic acids is 5. The van der Waals surface area contributed by atoms with Crippen LogP contribution in [-0.2, 0) is 29.2 Å². The molecule has 0 aliphatic carbocycles. The third kappa shape index (κ3) is 16.4. The van der Waals surface area contributed by atoms with E-state index in [0.717, 1.165) is 32.6 Å². The molecule has 8 aromatic rings. The second kappa shape index (κ2) is 31.3. The van der Waals surface area contributed by atoms with Crippen molar-refractivity contribution in [1.82, 2.24) is 0 Å². The van der Waals surface area contributed by atoms with E-state index in [0.29, 0.717) is 22.5 Å². The Balaban J connectivity index is 0.000000302. The minimum absolute atomic E-state index is 0. The first-order valence-electron chi connectivity index (χ1n) is 24.4. The fourth-order valence-electron chi connectivity index (χ4n) is 8.30. The number of amides is 4. The summed E-state index contributed by atoms with van der Waals surface area (Å²) in [6.45, 7) is 1.08. The fraction of sp³-hybridized carbons (Fsp3) is 0.0656. The van der Waals surface area contributed by atoms with E-state index < -0.39 is 61.3 Å². The molecule has 12 rings (SSSR count). The Bertz CT molecular complexity index is 4270. The number of aliphatic carboxylic acids is 1. The number of esters is 1. The van der Waals surface area contributed by atoms with Gasteiger partial charge in [0.1, 0.15) is 0 Å². The van der Waals surface area contributed by atoms with Crippen LogP contribution in [-0.4, -0.2) is 109 Å². The van der Waals surface area contributed by atoms with Crippen molar-refractivity contribution in [2.75, 3.05) is 28.4 Å². The molecule has 0 spiro atoms. The normalized spacial score (nSPS) is 13.0. The van der Waals surface area contributed by atoms with Crippen LogP contribution in [0.4, 0.5) is 22.7 Å². The summed E-state index contributed by atoms with van der Waals surface area (Å²) in [6.07, 6.45) is 0. The summed E-state index contributed by atoms with van der Waals surface area (Å²) in [5, 5.41) is 44.8. The van der Waals surface area contributed by atoms with Crippen LogP contribution < -0.4 is 40.1 Å². The second-order valence-electron chi connectivity index (χ2n) is 17.8. The van der Waals surface area contributed by atoms with Crippen molar-refractivity contribution < 1.29 is 115 Å². The topological polar surface area (TPSA) is 422 Å². The van der Waals surface area contributed by atoms with Gasteiger partial charge in [0.15, 0.2) is 0 Å². The average molecular weight is 1300 g/mol. The van der Waals surface area contributed by atoms with Crippen LogP contribution in [0.25, 0.3) is 0 Å². The van der Waals surface area contributed by atoms with E-state index in [4.69, 9.17) is 25.2 Å². The number of nitrogens with one attached hydrogen (secondary N) is 4. The molecule has 0 saturated heterocycles. The van der Waals surface area contributed by atoms with Gasteiger partial charge in [-0.15, -0.1) is 0 Å². The minimum atomic E-state index is -3.89. The quantitative estimate of drug-likeness (QED) is 0.0636. The number of sulfone groups is 2. The number of rotatable bonds is 4. The number of anilines is 4. The van der Waals surface area contributed by atoms with E-state index in [1.165, 1.54) is 116 Å². The number of carboxylic acid groups (broad SMARTS) is 4. The number of hydrogen-bond donors (Lipinski definition) is 8. The predicted molar refractivity (Wildman–Crippen MR) is 327 cm³/mol. The van der Waals surface area contributed by atoms with Crippen LogP contribution in [0.1, 0.15) is 105 Å². The van der Waals surface area contributed by atoms with E-state index in [1.54, 1.807) is 54.6 Å². The Hall–Kier alpha value is -9.89. The molecule has 462 valence electrons. The Morgan fingerprint density at radius 3 is 1.03 bits per heavy atom. The van der Waals surface area contributed by atoms with Crippen LogP contribution in [0, 0.1) is 0 Å². The zero-order valence-electron chi connectivity index (χ0n) is 45.8. The van der Waals surface area contributed by atoms with Gasteiger partial charge in [0.05, 0.1) is 93.9 Å². The Morgan fingerprint density at radius 2 is 0.678 bits per heavy atom. The zero-order valence-corrected chi connectivity index (χ0v) is 49.0. The number of carboxylic acids is 4. The smallest absolute Gasteiger partial charge is 0.870 e. The molecule has 0 saturated carbocycles. The van der Waals surface area contributed by atoms with Gasteiger partial charge in [0, 0.05) is 26.5 Å². The molecule has 8 aromatic carbocycles. The standard InChI is InChI=1S/C15H11NO5S.C14H9NO5S.2C14H9NO3S.C2H4O2.2CH4.Li.2H2O/c1-21-15(18)9-6-7-13-11(8-9)16-14(17)10-4-2-3-5-12(10)22(13,19)20;16-13-9-3-1-2-4-11(9)21(19,20)12-6-5-8(14(17)18)7-10(12)15-13;2*16-13-9-3-1-2-4-11(9)19-12-6-5-8(14(17)18)7-10(12)15-13;1-2(3)4;;;;;/h2-8H,1H3,(H,16,17);1-7H,(H,15,16)(H,17,18);2*1-7H,(H,15,16)(H,17,18);1H3,(H,3,4);2*1H4;;2*1H2/q;;;;;;;+1;;/p-1. The number of carbonyl (C=O) groups is 9. The van der Waals surface area contributed by atoms with Crippen LogP contribution in [0.15, 0.2) is 209 Å². The molecule has 0 unspecified atom stereocenters. The van der Waals surface area contributed by atoms with Gasteiger partial charge in [0.25, 0.3) is 29.6 Å². The first kappa shape index (κ1) is 74.4. The van der Waals surface area contributed by atoms with Crippen LogP contribution in [0.5, 0.6) is 0 Å². The summed E-state index contributed by atoms with van der Waals surface area (Å²) in [7, 11) is -6.52. The van der Waals surface area contributed by atoms with Crippen LogP contribution >= 0.6 is 23.5 Å². The van der Waals surface area contributed by atoms with Crippen LogP contribution in [0.3, 0.4) is 0 Å². The zero-order chi connectivity index (χ0) is 61.5. The fourth-order valence-corrected chi connectivity index (χ4v) is 13.5. The molecule has 29 heteroatoms. The number of hydrogen-bond acceptors (Lipinski definition) is 17. The summed E-state index contributed by atoms with van der Waals surface area (Å²) >= 11 is 2.90. The van der Waals surface area contributed by atoms with Gasteiger partial charge in [-0.3, -0.25) is 24.0 Å². The van der Waals surface area contributed by atoms with Gasteiger partial charge in [-0.1, -0.05) is 86.9 Å². The Kier molecular flexibility index (Phi) is 25.9. The first-order valence-corrected chi connectivity index (χ1v) is 29.0. The number of ether oxygens (including phenoxy) is 1. The summed E-state index contributed by atoms with van der Waals surface area (Å²) in [6, 6.07) is 43.3. The van der Waals surface area contributed by atoms with E-state index >= 15 is 0 Å². The van der Waals surface area contributed by atoms with Gasteiger partial charge in [0.2, 0.25) is 19.7 Å². The van der Waals surface area contributed by atoms with Crippen molar-refractivity contribution in [2.45, 2.75) is 60.9 Å². The van der Waals surface area contributed by atoms with Gasteiger partial charge in [-0.2, -0.15) is 0 Å². The molecule has 0 bridgehead atoms. The van der Waals surface area contributed by atoms with Crippen molar-refractivity contribution in [2.24, 2.45) is 0 Å². The number of benzene rings is 8. The molecule has 0 aromatic heterocycles. The SMILES string of the molecule is C.C.CC(=O)O.COC(=O)c1ccc2c(c1)NC(=O)c1ccccc1S2(=O)=O.O.O=C(O)c1ccc2c(c1)NC(=O)c1ccccc1S2.O=C(O)c1ccc2c(c1)NC(=O)c1ccccc1S2.O=C(O)c1ccc2c(c1)NC(=O)c1ccccc1S2(=O)=O.[Li+].[OH-]. The summed E-state index contributed by atoms with van der Waals surface area (Å²) in [5.41, 5.74) is 2.76. The van der Waals surface area contributed by atoms with Crippen molar-refractivity contribution in [3.63, 3.8) is 0 Å². The molecule has 4 heterocycles. The minimum Gasteiger partial charge on any atom is -0.870 e. The third-order valence-corrected chi connectivity index (χ3v) is 18.2. The molecule has 0 radical (unpaired) electrons. The largest absolute Gasteiger partial charge is 1.00 e. The summed E-state index contributed by atoms with van der Waals surface area (Å²) in [4.78, 5) is 105. The maximum Gasteiger partial charge on any atom is 1.00 e. The molecule has 4 aliphatic rings. The molecule has 4 aliphatic heterocycles. The number of fused-ring (bicyclic) bond motifs is 8. The molecule has 0 atom stereocenters. The van der Waals surface area contributed by atoms with Crippen molar-refractivity contribution in [3.8, 4) is 0 Å². The number of aromatic carboxylic acids is 3. The number of methoxy groups -OCH3 is 1. The Labute approximate surface area is 534 Å². The van der Waals surface area contributed by atoms with Gasteiger partial charge < -0.3 is 57.4 Å². The average Bonchev–Trinajstić information content (AvgIpc) is 1.57. The predicted octanol–water partition coefficient (Wildman–Crippen LogP) is 7.22. The third-order valence-electron chi connectivity index (χ3n) is 12.2. The summed E-state index contributed by atoms with van der Waals surface area (Å²) in [5.74, 6) is -6.24. The molecular weight excluding hydrogens is 1240 g/mol. The van der Waals surface area contributed by atoms with E-state index in [9.17, 15) is 55.2 Å². The first-order chi connectivity index (χ1) is 40.4. The maximum absolute atomic E-state index is 12.7. The van der Waals surface area contributed by atoms with E-state index in [1.807, 2.05) is 24.3 Å². The van der Waals surface area contributed by atoms with Crippen LogP contribution in [0.2, 0.25) is 0 Å². The monoisotopic (exact) mass is 1300 g/mol. The van der Waals surface area contributed by atoms with Crippen molar-refractivity contribution >= 4 is 119 Å². The second-order valence-corrected chi connectivity index (χ2v) is 23.7. The maximum atomic E-state index is 12.7. The van der Waals surface area contributed by atoms with E-state index in [-0.39, 0.29) is 121 Å². The molecule has 4 amide bonds. The molecule has 0 fully saturated rings. The summed E-state index contributed by atoms with van der Waals surface area (Å²) < 4.78 is 55.2. The van der Waals surface area contributed by atoms with Gasteiger partial charge >= 0.3 is 42.7 Å². The molecule has 90 heavy (non-hydrogen) atoms. The molecule has 11 N–H and O–H groups in total. The van der Waals surface area contributed by atoms with E-state index in [2.05, 4.69) is 26.0 Å². The van der Waals surface area contributed by atoms with Crippen molar-refractivity contribution in [3.05, 3.63) is 214 Å². The Morgan fingerprint density at radius 1 is 0.400 bits per heavy atom. The van der Waals surface area contributed by atoms with Crippen molar-refractivity contribution in [1.29, 1.82) is 0 Å².